The van der Waals surface area contributed by atoms with Crippen molar-refractivity contribution in [2.45, 2.75) is 32.9 Å². The molecule has 0 aliphatic heterocycles. The minimum absolute atomic E-state index is 0. The number of nitrogens with two attached hydrogens (primary N) is 1. The number of nitrogens with one attached hydrogen (secondary N) is 2. The maximum Gasteiger partial charge on any atom is 0.255 e. The van der Waals surface area contributed by atoms with Crippen LogP contribution in [0.25, 0.3) is 0 Å². The van der Waals surface area contributed by atoms with Crippen LogP contribution in [0, 0.1) is 0 Å². The first-order valence-corrected chi connectivity index (χ1v) is 7.81. The molecule has 2 aromatic rings. The monoisotopic (exact) mass is 361 g/mol. The van der Waals surface area contributed by atoms with Gasteiger partial charge in [-0.25, -0.2) is 0 Å². The molecule has 2 aromatic carbocycles. The molecule has 0 aliphatic carbocycles. The van der Waals surface area contributed by atoms with E-state index in [0.717, 1.165) is 5.56 Å². The van der Waals surface area contributed by atoms with Crippen molar-refractivity contribution in [1.82, 2.24) is 5.32 Å². The second-order valence-corrected chi connectivity index (χ2v) is 6.64. The fourth-order valence-electron chi connectivity index (χ4n) is 2.15. The Labute approximate surface area is 154 Å². The third-order valence-corrected chi connectivity index (χ3v) is 3.32. The van der Waals surface area contributed by atoms with E-state index in [1.807, 2.05) is 32.9 Å². The Morgan fingerprint density at radius 3 is 2.16 bits per heavy atom. The lowest BCUT2D eigenvalue weighted by atomic mass is 10.1. The summed E-state index contributed by atoms with van der Waals surface area (Å²) in [5.74, 6) is -0.405. The fourth-order valence-corrected chi connectivity index (χ4v) is 2.15. The van der Waals surface area contributed by atoms with Crippen molar-refractivity contribution in [2.24, 2.45) is 5.73 Å². The zero-order chi connectivity index (χ0) is 17.7. The topological polar surface area (TPSA) is 84.2 Å². The maximum atomic E-state index is 12.3. The number of carbonyl (C=O) groups is 2. The number of halogens is 1. The quantitative estimate of drug-likeness (QED) is 0.780. The Kier molecular flexibility index (Phi) is 7.15. The standard InChI is InChI=1S/C19H23N3O2.ClH/c1-19(2,3)22-18(24)15-5-4-6-16(11-15)21-17(23)14-9-7-13(12-20)8-10-14;/h4-11H,12,20H2,1-3H3,(H,21,23)(H,22,24);1H. The van der Waals surface area contributed by atoms with Crippen molar-refractivity contribution in [2.75, 3.05) is 5.32 Å². The lowest BCUT2D eigenvalue weighted by Gasteiger charge is -2.20. The minimum Gasteiger partial charge on any atom is -0.347 e. The lowest BCUT2D eigenvalue weighted by Crippen LogP contribution is -2.40. The highest BCUT2D eigenvalue weighted by atomic mass is 35.5. The average Bonchev–Trinajstić information content (AvgIpc) is 2.53. The number of rotatable bonds is 4. The van der Waals surface area contributed by atoms with Crippen LogP contribution in [0.3, 0.4) is 0 Å². The summed E-state index contributed by atoms with van der Waals surface area (Å²) >= 11 is 0. The smallest absolute Gasteiger partial charge is 0.255 e. The first-order valence-electron chi connectivity index (χ1n) is 7.81. The van der Waals surface area contributed by atoms with Crippen LogP contribution in [0.15, 0.2) is 48.5 Å². The van der Waals surface area contributed by atoms with Gasteiger partial charge in [0.2, 0.25) is 0 Å². The predicted molar refractivity (Wildman–Crippen MR) is 103 cm³/mol. The summed E-state index contributed by atoms with van der Waals surface area (Å²) in [6, 6.07) is 14.0. The van der Waals surface area contributed by atoms with Gasteiger partial charge in [-0.1, -0.05) is 18.2 Å². The molecule has 25 heavy (non-hydrogen) atoms. The van der Waals surface area contributed by atoms with Gasteiger partial charge in [0.15, 0.2) is 0 Å². The minimum atomic E-state index is -0.318. The van der Waals surface area contributed by atoms with Crippen LogP contribution >= 0.6 is 12.4 Å². The Balaban J connectivity index is 0.00000312. The average molecular weight is 362 g/mol. The van der Waals surface area contributed by atoms with Crippen LogP contribution in [-0.4, -0.2) is 17.4 Å². The molecule has 0 radical (unpaired) electrons. The summed E-state index contributed by atoms with van der Waals surface area (Å²) in [6.45, 7) is 6.19. The van der Waals surface area contributed by atoms with Gasteiger partial charge in [0.25, 0.3) is 11.8 Å². The number of amides is 2. The molecule has 0 heterocycles. The Morgan fingerprint density at radius 2 is 1.60 bits per heavy atom. The molecule has 4 N–H and O–H groups in total. The van der Waals surface area contributed by atoms with Crippen molar-refractivity contribution in [1.29, 1.82) is 0 Å². The number of hydrogen-bond acceptors (Lipinski definition) is 3. The molecule has 0 atom stereocenters. The van der Waals surface area contributed by atoms with E-state index in [1.54, 1.807) is 36.4 Å². The van der Waals surface area contributed by atoms with Crippen LogP contribution in [0.4, 0.5) is 5.69 Å². The number of benzene rings is 2. The summed E-state index contributed by atoms with van der Waals surface area (Å²) in [6.07, 6.45) is 0. The van der Waals surface area contributed by atoms with E-state index in [4.69, 9.17) is 5.73 Å². The molecular weight excluding hydrogens is 338 g/mol. The van der Waals surface area contributed by atoms with Crippen molar-refractivity contribution >= 4 is 29.9 Å². The molecule has 5 nitrogen and oxygen atoms in total. The first-order chi connectivity index (χ1) is 11.3. The second-order valence-electron chi connectivity index (χ2n) is 6.64. The van der Waals surface area contributed by atoms with E-state index < -0.39 is 0 Å². The molecule has 2 rings (SSSR count). The van der Waals surface area contributed by atoms with Crippen LogP contribution in [-0.2, 0) is 6.54 Å². The van der Waals surface area contributed by atoms with E-state index in [9.17, 15) is 9.59 Å². The van der Waals surface area contributed by atoms with E-state index in [0.29, 0.717) is 23.4 Å². The van der Waals surface area contributed by atoms with Crippen molar-refractivity contribution in [3.05, 3.63) is 65.2 Å². The fraction of sp³-hybridized carbons (Fsp3) is 0.263. The van der Waals surface area contributed by atoms with Gasteiger partial charge in [0.05, 0.1) is 0 Å². The van der Waals surface area contributed by atoms with Crippen LogP contribution in [0.2, 0.25) is 0 Å². The maximum absolute atomic E-state index is 12.3. The number of anilines is 1. The van der Waals surface area contributed by atoms with Crippen LogP contribution in [0.5, 0.6) is 0 Å². The van der Waals surface area contributed by atoms with Gasteiger partial charge in [0, 0.05) is 28.9 Å². The second kappa shape index (κ2) is 8.65. The largest absolute Gasteiger partial charge is 0.347 e. The Bertz CT molecular complexity index is 737. The van der Waals surface area contributed by atoms with Crippen molar-refractivity contribution in [3.63, 3.8) is 0 Å². The van der Waals surface area contributed by atoms with Gasteiger partial charge in [-0.05, 0) is 56.7 Å². The lowest BCUT2D eigenvalue weighted by molar-refractivity contribution is 0.0918. The third-order valence-electron chi connectivity index (χ3n) is 3.32. The Hall–Kier alpha value is -2.37. The molecule has 2 amide bonds. The van der Waals surface area contributed by atoms with Gasteiger partial charge in [-0.2, -0.15) is 0 Å². The highest BCUT2D eigenvalue weighted by molar-refractivity contribution is 6.05. The predicted octanol–water partition coefficient (Wildman–Crippen LogP) is 3.35. The van der Waals surface area contributed by atoms with Crippen molar-refractivity contribution in [3.8, 4) is 0 Å². The zero-order valence-electron chi connectivity index (χ0n) is 14.6. The SMILES string of the molecule is CC(C)(C)NC(=O)c1cccc(NC(=O)c2ccc(CN)cc2)c1.Cl. The molecular formula is C19H24ClN3O2. The van der Waals surface area contributed by atoms with Gasteiger partial charge < -0.3 is 16.4 Å². The molecule has 134 valence electrons. The normalized spacial score (nSPS) is 10.6. The third kappa shape index (κ3) is 6.21. The molecule has 0 aliphatic rings. The summed E-state index contributed by atoms with van der Waals surface area (Å²) in [5, 5.41) is 5.70. The Morgan fingerprint density at radius 1 is 0.960 bits per heavy atom. The van der Waals surface area contributed by atoms with Crippen molar-refractivity contribution < 1.29 is 9.59 Å². The van der Waals surface area contributed by atoms with Crippen LogP contribution < -0.4 is 16.4 Å². The van der Waals surface area contributed by atoms with Crippen LogP contribution in [0.1, 0.15) is 47.1 Å². The molecule has 0 bridgehead atoms. The molecule has 6 heteroatoms. The van der Waals surface area contributed by atoms with Gasteiger partial charge in [-0.15, -0.1) is 12.4 Å². The first kappa shape index (κ1) is 20.7. The molecule has 0 fully saturated rings. The highest BCUT2D eigenvalue weighted by Gasteiger charge is 2.15. The van der Waals surface area contributed by atoms with E-state index >= 15 is 0 Å². The molecule has 0 spiro atoms. The summed E-state index contributed by atoms with van der Waals surface area (Å²) in [7, 11) is 0. The number of carbonyl (C=O) groups excluding carboxylic acids is 2. The highest BCUT2D eigenvalue weighted by Crippen LogP contribution is 2.14. The van der Waals surface area contributed by atoms with E-state index in [1.165, 1.54) is 0 Å². The zero-order valence-corrected chi connectivity index (χ0v) is 15.4. The molecule has 0 unspecified atom stereocenters. The molecule has 0 aromatic heterocycles. The summed E-state index contributed by atoms with van der Waals surface area (Å²) in [4.78, 5) is 24.5. The van der Waals surface area contributed by atoms with Gasteiger partial charge in [-0.3, -0.25) is 9.59 Å². The molecule has 0 saturated heterocycles. The summed E-state index contributed by atoms with van der Waals surface area (Å²) in [5.41, 5.74) is 7.81. The van der Waals surface area contributed by atoms with E-state index in [2.05, 4.69) is 10.6 Å². The summed E-state index contributed by atoms with van der Waals surface area (Å²) < 4.78 is 0. The number of hydrogen-bond donors (Lipinski definition) is 3. The van der Waals surface area contributed by atoms with Gasteiger partial charge >= 0.3 is 0 Å². The van der Waals surface area contributed by atoms with Gasteiger partial charge in [0.1, 0.15) is 0 Å². The molecule has 0 saturated carbocycles. The van der Waals surface area contributed by atoms with E-state index in [-0.39, 0.29) is 29.8 Å².